The Morgan fingerprint density at radius 1 is 1.15 bits per heavy atom. The molecule has 0 bridgehead atoms. The van der Waals surface area contributed by atoms with Gasteiger partial charge >= 0.3 is 0 Å². The van der Waals surface area contributed by atoms with Crippen molar-refractivity contribution in [1.29, 1.82) is 0 Å². The molecule has 1 unspecified atom stereocenters. The summed E-state index contributed by atoms with van der Waals surface area (Å²) in [6, 6.07) is 13.6. The highest BCUT2D eigenvalue weighted by molar-refractivity contribution is 5.84. The van der Waals surface area contributed by atoms with Gasteiger partial charge in [0.25, 0.3) is 0 Å². The van der Waals surface area contributed by atoms with Gasteiger partial charge in [0, 0.05) is 35.2 Å². The van der Waals surface area contributed by atoms with Crippen LogP contribution in [0.5, 0.6) is 11.5 Å². The topological polar surface area (TPSA) is 63.3 Å². The molecule has 0 aliphatic heterocycles. The van der Waals surface area contributed by atoms with Gasteiger partial charge in [-0.25, -0.2) is 0 Å². The van der Waals surface area contributed by atoms with Crippen LogP contribution in [0, 0.1) is 0 Å². The smallest absolute Gasteiger partial charge is 0.220 e. The first-order chi connectivity index (χ1) is 12.6. The molecule has 1 atom stereocenters. The standard InChI is InChI=1S/C21H24N2O3/c1-14(17-10-9-16(25-2)12-20(17)26-3)23-21(24)11-8-15-13-22-19-7-5-4-6-18(15)19/h4-7,9-10,12-14,22H,8,11H2,1-3H3,(H,23,24). The van der Waals surface area contributed by atoms with E-state index < -0.39 is 0 Å². The van der Waals surface area contributed by atoms with Crippen molar-refractivity contribution in [2.45, 2.75) is 25.8 Å². The number of ether oxygens (including phenoxy) is 2. The molecular formula is C21H24N2O3. The molecular weight excluding hydrogens is 328 g/mol. The summed E-state index contributed by atoms with van der Waals surface area (Å²) in [7, 11) is 3.23. The Bertz CT molecular complexity index is 901. The first-order valence-corrected chi connectivity index (χ1v) is 8.68. The molecule has 2 N–H and O–H groups in total. The van der Waals surface area contributed by atoms with Crippen molar-refractivity contribution in [3.8, 4) is 11.5 Å². The number of carbonyl (C=O) groups excluding carboxylic acids is 1. The highest BCUT2D eigenvalue weighted by Gasteiger charge is 2.15. The number of methoxy groups -OCH3 is 2. The number of amides is 1. The Hall–Kier alpha value is -2.95. The lowest BCUT2D eigenvalue weighted by atomic mass is 10.1. The van der Waals surface area contributed by atoms with Crippen molar-refractivity contribution in [2.24, 2.45) is 0 Å². The molecule has 3 aromatic rings. The lowest BCUT2D eigenvalue weighted by Crippen LogP contribution is -2.27. The van der Waals surface area contributed by atoms with Gasteiger partial charge in [-0.2, -0.15) is 0 Å². The number of hydrogen-bond acceptors (Lipinski definition) is 3. The minimum absolute atomic E-state index is 0.0145. The molecule has 0 saturated heterocycles. The fourth-order valence-electron chi connectivity index (χ4n) is 3.15. The molecule has 0 radical (unpaired) electrons. The quantitative estimate of drug-likeness (QED) is 0.676. The highest BCUT2D eigenvalue weighted by Crippen LogP contribution is 2.29. The number of rotatable bonds is 7. The van der Waals surface area contributed by atoms with E-state index in [4.69, 9.17) is 9.47 Å². The molecule has 5 heteroatoms. The van der Waals surface area contributed by atoms with Gasteiger partial charge in [-0.05, 0) is 37.1 Å². The molecule has 0 aliphatic rings. The first kappa shape index (κ1) is 17.9. The lowest BCUT2D eigenvalue weighted by Gasteiger charge is -2.18. The van der Waals surface area contributed by atoms with E-state index in [0.717, 1.165) is 22.4 Å². The Balaban J connectivity index is 1.63. The van der Waals surface area contributed by atoms with E-state index in [1.807, 2.05) is 49.5 Å². The molecule has 1 amide bonds. The summed E-state index contributed by atoms with van der Waals surface area (Å²) in [5.74, 6) is 1.44. The van der Waals surface area contributed by atoms with Crippen LogP contribution < -0.4 is 14.8 Å². The number of carbonyl (C=O) groups is 1. The van der Waals surface area contributed by atoms with Crippen molar-refractivity contribution < 1.29 is 14.3 Å². The fraction of sp³-hybridized carbons (Fsp3) is 0.286. The van der Waals surface area contributed by atoms with E-state index in [-0.39, 0.29) is 11.9 Å². The van der Waals surface area contributed by atoms with Crippen molar-refractivity contribution in [2.75, 3.05) is 14.2 Å². The molecule has 26 heavy (non-hydrogen) atoms. The van der Waals surface area contributed by atoms with Crippen LogP contribution in [0.4, 0.5) is 0 Å². The van der Waals surface area contributed by atoms with Gasteiger partial charge in [-0.15, -0.1) is 0 Å². The van der Waals surface area contributed by atoms with Gasteiger partial charge in [-0.3, -0.25) is 4.79 Å². The molecule has 0 saturated carbocycles. The molecule has 2 aromatic carbocycles. The third-order valence-electron chi connectivity index (χ3n) is 4.58. The largest absolute Gasteiger partial charge is 0.497 e. The maximum absolute atomic E-state index is 12.4. The molecule has 5 nitrogen and oxygen atoms in total. The van der Waals surface area contributed by atoms with Crippen LogP contribution in [0.25, 0.3) is 10.9 Å². The fourth-order valence-corrected chi connectivity index (χ4v) is 3.15. The number of hydrogen-bond donors (Lipinski definition) is 2. The Labute approximate surface area is 153 Å². The molecule has 0 aliphatic carbocycles. The third kappa shape index (κ3) is 3.82. The molecule has 1 heterocycles. The number of aromatic amines is 1. The zero-order valence-corrected chi connectivity index (χ0v) is 15.3. The second kappa shape index (κ2) is 7.95. The Morgan fingerprint density at radius 3 is 2.73 bits per heavy atom. The minimum Gasteiger partial charge on any atom is -0.497 e. The van der Waals surface area contributed by atoms with Crippen LogP contribution >= 0.6 is 0 Å². The monoisotopic (exact) mass is 352 g/mol. The second-order valence-electron chi connectivity index (χ2n) is 6.26. The average molecular weight is 352 g/mol. The zero-order chi connectivity index (χ0) is 18.5. The first-order valence-electron chi connectivity index (χ1n) is 8.68. The Kier molecular flexibility index (Phi) is 5.46. The van der Waals surface area contributed by atoms with E-state index >= 15 is 0 Å². The highest BCUT2D eigenvalue weighted by atomic mass is 16.5. The summed E-state index contributed by atoms with van der Waals surface area (Å²) in [5, 5.41) is 4.22. The average Bonchev–Trinajstić information content (AvgIpc) is 3.09. The summed E-state index contributed by atoms with van der Waals surface area (Å²) in [5.41, 5.74) is 3.18. The van der Waals surface area contributed by atoms with Crippen LogP contribution in [0.3, 0.4) is 0 Å². The maximum atomic E-state index is 12.4. The maximum Gasteiger partial charge on any atom is 0.220 e. The van der Waals surface area contributed by atoms with E-state index in [9.17, 15) is 4.79 Å². The molecule has 0 spiro atoms. The predicted molar refractivity (Wildman–Crippen MR) is 103 cm³/mol. The summed E-state index contributed by atoms with van der Waals surface area (Å²) < 4.78 is 10.6. The van der Waals surface area contributed by atoms with E-state index in [0.29, 0.717) is 18.6 Å². The molecule has 1 aromatic heterocycles. The van der Waals surface area contributed by atoms with Crippen LogP contribution in [0.15, 0.2) is 48.7 Å². The zero-order valence-electron chi connectivity index (χ0n) is 15.3. The summed E-state index contributed by atoms with van der Waals surface area (Å²) in [6.07, 6.45) is 3.11. The van der Waals surface area contributed by atoms with Gasteiger partial charge in [-0.1, -0.05) is 18.2 Å². The van der Waals surface area contributed by atoms with E-state index in [2.05, 4.69) is 16.4 Å². The number of aryl methyl sites for hydroxylation is 1. The van der Waals surface area contributed by atoms with E-state index in [1.165, 1.54) is 5.39 Å². The van der Waals surface area contributed by atoms with Crippen molar-refractivity contribution in [3.05, 3.63) is 59.8 Å². The van der Waals surface area contributed by atoms with Crippen molar-refractivity contribution in [1.82, 2.24) is 10.3 Å². The third-order valence-corrected chi connectivity index (χ3v) is 4.58. The second-order valence-corrected chi connectivity index (χ2v) is 6.26. The van der Waals surface area contributed by atoms with Gasteiger partial charge in [0.1, 0.15) is 11.5 Å². The minimum atomic E-state index is -0.147. The van der Waals surface area contributed by atoms with Crippen molar-refractivity contribution in [3.63, 3.8) is 0 Å². The number of aromatic nitrogens is 1. The lowest BCUT2D eigenvalue weighted by molar-refractivity contribution is -0.121. The SMILES string of the molecule is COc1ccc(C(C)NC(=O)CCc2c[nH]c3ccccc23)c(OC)c1. The van der Waals surface area contributed by atoms with Gasteiger partial charge in [0.05, 0.1) is 20.3 Å². The molecule has 0 fully saturated rings. The van der Waals surface area contributed by atoms with Crippen LogP contribution in [-0.4, -0.2) is 25.1 Å². The number of nitrogens with one attached hydrogen (secondary N) is 2. The van der Waals surface area contributed by atoms with Crippen LogP contribution in [0.2, 0.25) is 0 Å². The van der Waals surface area contributed by atoms with E-state index in [1.54, 1.807) is 14.2 Å². The number of H-pyrrole nitrogens is 1. The van der Waals surface area contributed by atoms with Gasteiger partial charge < -0.3 is 19.8 Å². The normalized spacial score (nSPS) is 12.0. The van der Waals surface area contributed by atoms with Gasteiger partial charge in [0.15, 0.2) is 0 Å². The predicted octanol–water partition coefficient (Wildman–Crippen LogP) is 4.00. The number of benzene rings is 2. The number of fused-ring (bicyclic) bond motifs is 1. The summed E-state index contributed by atoms with van der Waals surface area (Å²) in [6.45, 7) is 1.95. The number of para-hydroxylation sites is 1. The van der Waals surface area contributed by atoms with Gasteiger partial charge in [0.2, 0.25) is 5.91 Å². The van der Waals surface area contributed by atoms with Crippen LogP contribution in [0.1, 0.15) is 30.5 Å². The Morgan fingerprint density at radius 2 is 1.96 bits per heavy atom. The summed E-state index contributed by atoms with van der Waals surface area (Å²) in [4.78, 5) is 15.6. The summed E-state index contributed by atoms with van der Waals surface area (Å²) >= 11 is 0. The molecule has 3 rings (SSSR count). The van der Waals surface area contributed by atoms with Crippen LogP contribution in [-0.2, 0) is 11.2 Å². The molecule has 136 valence electrons. The van der Waals surface area contributed by atoms with Crippen molar-refractivity contribution >= 4 is 16.8 Å².